The molecule has 32 heavy (non-hydrogen) atoms. The number of para-hydroxylation sites is 2. The van der Waals surface area contributed by atoms with Gasteiger partial charge in [0.2, 0.25) is 5.91 Å². The number of aromatic nitrogens is 3. The van der Waals surface area contributed by atoms with Crippen LogP contribution in [0.3, 0.4) is 0 Å². The van der Waals surface area contributed by atoms with Crippen LogP contribution >= 0.6 is 11.6 Å². The largest absolute Gasteiger partial charge is 0.352 e. The average molecular weight is 451 g/mol. The van der Waals surface area contributed by atoms with Crippen LogP contribution in [0.25, 0.3) is 22.4 Å². The van der Waals surface area contributed by atoms with E-state index in [1.165, 1.54) is 38.5 Å². The molecule has 2 aliphatic rings. The molecule has 168 valence electrons. The van der Waals surface area contributed by atoms with E-state index in [0.717, 1.165) is 48.1 Å². The maximum atomic E-state index is 13.9. The zero-order valence-corrected chi connectivity index (χ0v) is 19.2. The van der Waals surface area contributed by atoms with Gasteiger partial charge in [0.25, 0.3) is 0 Å². The Morgan fingerprint density at radius 3 is 2.41 bits per heavy atom. The van der Waals surface area contributed by atoms with Crippen LogP contribution in [-0.4, -0.2) is 26.5 Å². The Hall–Kier alpha value is -2.40. The molecule has 1 N–H and O–H groups in total. The van der Waals surface area contributed by atoms with Crippen molar-refractivity contribution in [1.82, 2.24) is 19.9 Å². The van der Waals surface area contributed by atoms with Gasteiger partial charge in [-0.3, -0.25) is 4.79 Å². The molecular formula is C26H31ClN4O. The van der Waals surface area contributed by atoms with Crippen molar-refractivity contribution >= 4 is 28.5 Å². The van der Waals surface area contributed by atoms with E-state index in [1.807, 2.05) is 24.3 Å². The number of carbonyl (C=O) groups excluding carboxylic acids is 1. The number of amides is 1. The zero-order valence-electron chi connectivity index (χ0n) is 18.5. The number of carbonyl (C=O) groups is 1. The predicted molar refractivity (Wildman–Crippen MR) is 129 cm³/mol. The second-order valence-corrected chi connectivity index (χ2v) is 9.74. The summed E-state index contributed by atoms with van der Waals surface area (Å²) >= 11 is 6.06. The molecule has 0 aliphatic heterocycles. The number of nitrogens with one attached hydrogen (secondary N) is 1. The first-order valence-corrected chi connectivity index (χ1v) is 12.5. The van der Waals surface area contributed by atoms with Crippen molar-refractivity contribution < 1.29 is 4.79 Å². The molecule has 5 rings (SSSR count). The van der Waals surface area contributed by atoms with Gasteiger partial charge in [0.15, 0.2) is 0 Å². The lowest BCUT2D eigenvalue weighted by atomic mass is 9.82. The molecule has 0 radical (unpaired) electrons. The molecule has 1 aromatic carbocycles. The van der Waals surface area contributed by atoms with E-state index in [1.54, 1.807) is 12.3 Å². The lowest BCUT2D eigenvalue weighted by Crippen LogP contribution is -2.43. The molecule has 2 fully saturated rings. The van der Waals surface area contributed by atoms with E-state index in [9.17, 15) is 4.79 Å². The minimum Gasteiger partial charge on any atom is -0.352 e. The summed E-state index contributed by atoms with van der Waals surface area (Å²) in [6, 6.07) is 11.9. The van der Waals surface area contributed by atoms with Crippen molar-refractivity contribution in [2.75, 3.05) is 0 Å². The lowest BCUT2D eigenvalue weighted by Gasteiger charge is -2.33. The number of halogens is 1. The average Bonchev–Trinajstić information content (AvgIpc) is 3.20. The lowest BCUT2D eigenvalue weighted by molar-refractivity contribution is -0.127. The Labute approximate surface area is 194 Å². The monoisotopic (exact) mass is 450 g/mol. The summed E-state index contributed by atoms with van der Waals surface area (Å²) in [7, 11) is 0. The minimum absolute atomic E-state index is 0.148. The number of hydrogen-bond acceptors (Lipinski definition) is 3. The molecule has 2 aliphatic carbocycles. The van der Waals surface area contributed by atoms with Gasteiger partial charge in [-0.15, -0.1) is 0 Å². The summed E-state index contributed by atoms with van der Waals surface area (Å²) in [5.74, 6) is 1.25. The summed E-state index contributed by atoms with van der Waals surface area (Å²) in [4.78, 5) is 23.1. The van der Waals surface area contributed by atoms with E-state index in [-0.39, 0.29) is 18.0 Å². The number of nitrogens with zero attached hydrogens (tertiary/aromatic N) is 3. The molecule has 2 aromatic heterocycles. The van der Waals surface area contributed by atoms with Crippen molar-refractivity contribution in [2.45, 2.75) is 76.3 Å². The van der Waals surface area contributed by atoms with Crippen LogP contribution in [0.5, 0.6) is 0 Å². The highest BCUT2D eigenvalue weighted by atomic mass is 35.5. The second kappa shape index (κ2) is 9.62. The molecule has 2 heterocycles. The van der Waals surface area contributed by atoms with Crippen molar-refractivity contribution in [3.63, 3.8) is 0 Å². The molecule has 2 saturated carbocycles. The summed E-state index contributed by atoms with van der Waals surface area (Å²) in [6.07, 6.45) is 13.4. The van der Waals surface area contributed by atoms with E-state index >= 15 is 0 Å². The van der Waals surface area contributed by atoms with E-state index in [2.05, 4.69) is 20.9 Å². The van der Waals surface area contributed by atoms with Gasteiger partial charge in [-0.2, -0.15) is 0 Å². The van der Waals surface area contributed by atoms with Crippen molar-refractivity contribution in [3.05, 3.63) is 47.7 Å². The third kappa shape index (κ3) is 4.40. The molecule has 0 bridgehead atoms. The van der Waals surface area contributed by atoms with Gasteiger partial charge < -0.3 is 9.88 Å². The van der Waals surface area contributed by atoms with Gasteiger partial charge in [-0.25, -0.2) is 9.97 Å². The minimum atomic E-state index is -0.268. The van der Waals surface area contributed by atoms with Gasteiger partial charge in [0.1, 0.15) is 17.0 Å². The first-order chi connectivity index (χ1) is 15.7. The maximum Gasteiger partial charge on any atom is 0.243 e. The fourth-order valence-corrected chi connectivity index (χ4v) is 5.68. The van der Waals surface area contributed by atoms with Crippen LogP contribution in [0.2, 0.25) is 5.15 Å². The fourth-order valence-electron chi connectivity index (χ4n) is 5.56. The number of fused-ring (bicyclic) bond motifs is 1. The zero-order chi connectivity index (χ0) is 21.9. The second-order valence-electron chi connectivity index (χ2n) is 9.35. The Balaban J connectivity index is 1.60. The van der Waals surface area contributed by atoms with Crippen LogP contribution in [0.1, 0.15) is 70.3 Å². The summed E-state index contributed by atoms with van der Waals surface area (Å²) < 4.78 is 2.19. The highest BCUT2D eigenvalue weighted by Crippen LogP contribution is 2.38. The molecule has 1 atom stereocenters. The molecule has 5 nitrogen and oxygen atoms in total. The Morgan fingerprint density at radius 2 is 1.69 bits per heavy atom. The third-order valence-electron chi connectivity index (χ3n) is 7.18. The van der Waals surface area contributed by atoms with Crippen LogP contribution in [0, 0.1) is 5.92 Å². The first kappa shape index (κ1) is 21.4. The highest BCUT2D eigenvalue weighted by Gasteiger charge is 2.35. The fraction of sp³-hybridized carbons (Fsp3) is 0.500. The van der Waals surface area contributed by atoms with E-state index < -0.39 is 0 Å². The quantitative estimate of drug-likeness (QED) is 0.462. The van der Waals surface area contributed by atoms with E-state index in [0.29, 0.717) is 11.1 Å². The van der Waals surface area contributed by atoms with Crippen LogP contribution in [0.4, 0.5) is 0 Å². The Bertz CT molecular complexity index is 1070. The molecule has 3 aromatic rings. The van der Waals surface area contributed by atoms with Gasteiger partial charge in [0.05, 0.1) is 11.0 Å². The van der Waals surface area contributed by atoms with Gasteiger partial charge in [0, 0.05) is 17.8 Å². The van der Waals surface area contributed by atoms with Crippen LogP contribution in [-0.2, 0) is 4.79 Å². The number of hydrogen-bond donors (Lipinski definition) is 1. The number of rotatable bonds is 5. The molecule has 6 heteroatoms. The van der Waals surface area contributed by atoms with Crippen LogP contribution in [0.15, 0.2) is 42.6 Å². The maximum absolute atomic E-state index is 13.9. The highest BCUT2D eigenvalue weighted by molar-refractivity contribution is 6.29. The topological polar surface area (TPSA) is 59.8 Å². The number of imidazole rings is 1. The Morgan fingerprint density at radius 1 is 0.969 bits per heavy atom. The summed E-state index contributed by atoms with van der Waals surface area (Å²) in [5.41, 5.74) is 2.80. The molecular weight excluding hydrogens is 420 g/mol. The first-order valence-electron chi connectivity index (χ1n) is 12.1. The number of pyridine rings is 1. The van der Waals surface area contributed by atoms with Crippen molar-refractivity contribution in [2.24, 2.45) is 5.92 Å². The number of benzene rings is 1. The van der Waals surface area contributed by atoms with Gasteiger partial charge in [-0.05, 0) is 55.9 Å². The molecule has 0 spiro atoms. The van der Waals surface area contributed by atoms with Crippen LogP contribution < -0.4 is 5.32 Å². The third-order valence-corrected chi connectivity index (χ3v) is 7.40. The van der Waals surface area contributed by atoms with Gasteiger partial charge >= 0.3 is 0 Å². The summed E-state index contributed by atoms with van der Waals surface area (Å²) in [6.45, 7) is 0. The van der Waals surface area contributed by atoms with Gasteiger partial charge in [-0.1, -0.05) is 62.3 Å². The SMILES string of the molecule is O=C(NC1CCCCC1)C(C1CCCCC1)n1c(-c2ccc(Cl)nc2)nc2ccccc21. The normalized spacial score (nSPS) is 19.2. The Kier molecular flexibility index (Phi) is 6.44. The van der Waals surface area contributed by atoms with E-state index in [4.69, 9.17) is 16.6 Å². The molecule has 1 unspecified atom stereocenters. The molecule has 1 amide bonds. The standard InChI is InChI=1S/C26H31ClN4O/c27-23-16-15-19(17-28-23)25-30-21-13-7-8-14-22(21)31(25)24(18-9-3-1-4-10-18)26(32)29-20-11-5-2-6-12-20/h7-8,13-18,20,24H,1-6,9-12H2,(H,29,32). The van der Waals surface area contributed by atoms with Crippen molar-refractivity contribution in [3.8, 4) is 11.4 Å². The smallest absolute Gasteiger partial charge is 0.243 e. The summed E-state index contributed by atoms with van der Waals surface area (Å²) in [5, 5.41) is 3.89. The van der Waals surface area contributed by atoms with Crippen molar-refractivity contribution in [1.29, 1.82) is 0 Å². The predicted octanol–water partition coefficient (Wildman–Crippen LogP) is 6.32. The molecule has 0 saturated heterocycles.